The molecule has 0 unspecified atom stereocenters. The summed E-state index contributed by atoms with van der Waals surface area (Å²) in [6.45, 7) is 3.68. The van der Waals surface area contributed by atoms with Crippen molar-refractivity contribution in [2.24, 2.45) is 0 Å². The highest BCUT2D eigenvalue weighted by atomic mass is 16.2. The number of hydrogen-bond donors (Lipinski definition) is 0. The van der Waals surface area contributed by atoms with Gasteiger partial charge >= 0.3 is 0 Å². The van der Waals surface area contributed by atoms with E-state index in [0.717, 1.165) is 37.3 Å². The molecular weight excluding hydrogens is 302 g/mol. The Bertz CT molecular complexity index is 639. The Balaban J connectivity index is 1.53. The molecule has 0 aromatic heterocycles. The maximum absolute atomic E-state index is 13.0. The van der Waals surface area contributed by atoms with Crippen molar-refractivity contribution < 1.29 is 9.59 Å². The van der Waals surface area contributed by atoms with E-state index in [1.165, 1.54) is 19.3 Å². The van der Waals surface area contributed by atoms with Crippen LogP contribution in [0.25, 0.3) is 0 Å². The van der Waals surface area contributed by atoms with E-state index in [-0.39, 0.29) is 18.0 Å². The summed E-state index contributed by atoms with van der Waals surface area (Å²) in [5.74, 6) is 0.320. The first-order valence-corrected chi connectivity index (χ1v) is 9.16. The monoisotopic (exact) mass is 327 g/mol. The molecule has 3 aliphatic rings. The van der Waals surface area contributed by atoms with Crippen LogP contribution >= 0.6 is 0 Å². The van der Waals surface area contributed by atoms with Crippen LogP contribution in [0.4, 0.5) is 5.69 Å². The van der Waals surface area contributed by atoms with E-state index >= 15 is 0 Å². The summed E-state index contributed by atoms with van der Waals surface area (Å²) in [6, 6.07) is 8.02. The summed E-state index contributed by atoms with van der Waals surface area (Å²) in [6.07, 6.45) is 5.55. The summed E-state index contributed by atoms with van der Waals surface area (Å²) < 4.78 is 0. The molecule has 5 heteroatoms. The highest BCUT2D eigenvalue weighted by Gasteiger charge is 2.42. The molecule has 3 heterocycles. The van der Waals surface area contributed by atoms with Gasteiger partial charge < -0.3 is 9.80 Å². The van der Waals surface area contributed by atoms with Crippen molar-refractivity contribution >= 4 is 17.5 Å². The zero-order chi connectivity index (χ0) is 16.5. The minimum Gasteiger partial charge on any atom is -0.317 e. The quantitative estimate of drug-likeness (QED) is 0.856. The van der Waals surface area contributed by atoms with Crippen LogP contribution in [0.2, 0.25) is 0 Å². The number of anilines is 1. The topological polar surface area (TPSA) is 43.9 Å². The lowest BCUT2D eigenvalue weighted by Gasteiger charge is -2.41. The summed E-state index contributed by atoms with van der Waals surface area (Å²) in [7, 11) is 0. The van der Waals surface area contributed by atoms with Crippen LogP contribution in [0.3, 0.4) is 0 Å². The number of rotatable bonds is 3. The van der Waals surface area contributed by atoms with Gasteiger partial charge in [0.15, 0.2) is 0 Å². The molecule has 1 aromatic rings. The van der Waals surface area contributed by atoms with Gasteiger partial charge in [-0.05, 0) is 44.0 Å². The average molecular weight is 327 g/mol. The Morgan fingerprint density at radius 1 is 1.12 bits per heavy atom. The molecule has 2 fully saturated rings. The Labute approximate surface area is 143 Å². The number of hydrogen-bond acceptors (Lipinski definition) is 3. The van der Waals surface area contributed by atoms with Crippen LogP contribution in [0, 0.1) is 0 Å². The zero-order valence-corrected chi connectivity index (χ0v) is 14.1. The second-order valence-corrected chi connectivity index (χ2v) is 7.09. The lowest BCUT2D eigenvalue weighted by molar-refractivity contribution is -0.130. The lowest BCUT2D eigenvalue weighted by atomic mass is 10.1. The Hall–Kier alpha value is -1.88. The molecule has 0 radical (unpaired) electrons. The SMILES string of the molecule is O=C1CC[C@H]2N1Cc1ccccc1N2C(=O)CCN1CCCCC1. The van der Waals surface area contributed by atoms with Crippen LogP contribution in [-0.2, 0) is 16.1 Å². The summed E-state index contributed by atoms with van der Waals surface area (Å²) in [4.78, 5) is 31.4. The van der Waals surface area contributed by atoms with Crippen molar-refractivity contribution in [3.8, 4) is 0 Å². The highest BCUT2D eigenvalue weighted by Crippen LogP contribution is 2.36. The molecule has 4 rings (SSSR count). The predicted octanol–water partition coefficient (Wildman–Crippen LogP) is 2.36. The third-order valence-corrected chi connectivity index (χ3v) is 5.55. The molecule has 128 valence electrons. The second-order valence-electron chi connectivity index (χ2n) is 7.09. The second kappa shape index (κ2) is 6.55. The van der Waals surface area contributed by atoms with Gasteiger partial charge in [0.2, 0.25) is 11.8 Å². The number of piperidine rings is 1. The Morgan fingerprint density at radius 2 is 1.92 bits per heavy atom. The molecule has 1 aromatic carbocycles. The summed E-state index contributed by atoms with van der Waals surface area (Å²) >= 11 is 0. The molecule has 24 heavy (non-hydrogen) atoms. The van der Waals surface area contributed by atoms with Gasteiger partial charge in [0, 0.05) is 25.9 Å². The van der Waals surface area contributed by atoms with E-state index in [1.54, 1.807) is 0 Å². The first kappa shape index (κ1) is 15.6. The van der Waals surface area contributed by atoms with Gasteiger partial charge in [0.05, 0.1) is 5.69 Å². The highest BCUT2D eigenvalue weighted by molar-refractivity contribution is 5.97. The van der Waals surface area contributed by atoms with Gasteiger partial charge in [0.25, 0.3) is 0 Å². The fraction of sp³-hybridized carbons (Fsp3) is 0.579. The van der Waals surface area contributed by atoms with Crippen LogP contribution in [-0.4, -0.2) is 47.4 Å². The number of carbonyl (C=O) groups excluding carboxylic acids is 2. The van der Waals surface area contributed by atoms with Crippen molar-refractivity contribution in [1.82, 2.24) is 9.80 Å². The summed E-state index contributed by atoms with van der Waals surface area (Å²) in [5.41, 5.74) is 2.08. The summed E-state index contributed by atoms with van der Waals surface area (Å²) in [5, 5.41) is 0. The molecule has 0 N–H and O–H groups in total. The molecule has 2 saturated heterocycles. The van der Waals surface area contributed by atoms with Crippen LogP contribution in [0.1, 0.15) is 44.1 Å². The third-order valence-electron chi connectivity index (χ3n) is 5.55. The molecule has 0 saturated carbocycles. The van der Waals surface area contributed by atoms with Gasteiger partial charge in [0.1, 0.15) is 6.17 Å². The zero-order valence-electron chi connectivity index (χ0n) is 14.1. The number of para-hydroxylation sites is 1. The van der Waals surface area contributed by atoms with Crippen molar-refractivity contribution in [2.45, 2.75) is 51.2 Å². The number of benzene rings is 1. The molecule has 2 amide bonds. The van der Waals surface area contributed by atoms with Crippen LogP contribution < -0.4 is 4.90 Å². The largest absolute Gasteiger partial charge is 0.317 e. The molecule has 0 aliphatic carbocycles. The van der Waals surface area contributed by atoms with E-state index in [4.69, 9.17) is 0 Å². The molecular formula is C19H25N3O2. The first-order valence-electron chi connectivity index (χ1n) is 9.16. The smallest absolute Gasteiger partial charge is 0.229 e. The van der Waals surface area contributed by atoms with Gasteiger partial charge in [-0.3, -0.25) is 14.5 Å². The van der Waals surface area contributed by atoms with Crippen LogP contribution in [0.5, 0.6) is 0 Å². The Kier molecular flexibility index (Phi) is 4.27. The van der Waals surface area contributed by atoms with Gasteiger partial charge in [-0.25, -0.2) is 0 Å². The fourth-order valence-electron chi connectivity index (χ4n) is 4.26. The van der Waals surface area contributed by atoms with Crippen molar-refractivity contribution in [3.05, 3.63) is 29.8 Å². The van der Waals surface area contributed by atoms with E-state index in [9.17, 15) is 9.59 Å². The predicted molar refractivity (Wildman–Crippen MR) is 92.4 cm³/mol. The van der Waals surface area contributed by atoms with Gasteiger partial charge in [-0.15, -0.1) is 0 Å². The Morgan fingerprint density at radius 3 is 2.75 bits per heavy atom. The van der Waals surface area contributed by atoms with Crippen molar-refractivity contribution in [1.29, 1.82) is 0 Å². The number of amides is 2. The van der Waals surface area contributed by atoms with Crippen molar-refractivity contribution in [2.75, 3.05) is 24.5 Å². The maximum atomic E-state index is 13.0. The number of fused-ring (bicyclic) bond motifs is 2. The molecule has 1 atom stereocenters. The minimum atomic E-state index is -0.0822. The van der Waals surface area contributed by atoms with Gasteiger partial charge in [-0.1, -0.05) is 24.6 Å². The maximum Gasteiger partial charge on any atom is 0.229 e. The number of nitrogens with zero attached hydrogens (tertiary/aromatic N) is 3. The molecule has 5 nitrogen and oxygen atoms in total. The molecule has 0 bridgehead atoms. The van der Waals surface area contributed by atoms with E-state index in [0.29, 0.717) is 19.4 Å². The first-order chi connectivity index (χ1) is 11.7. The normalized spacial score (nSPS) is 24.0. The third kappa shape index (κ3) is 2.81. The molecule has 3 aliphatic heterocycles. The molecule has 0 spiro atoms. The average Bonchev–Trinajstić information content (AvgIpc) is 2.99. The van der Waals surface area contributed by atoms with Gasteiger partial charge in [-0.2, -0.15) is 0 Å². The fourth-order valence-corrected chi connectivity index (χ4v) is 4.26. The minimum absolute atomic E-state index is 0.0822. The van der Waals surface area contributed by atoms with E-state index < -0.39 is 0 Å². The standard InChI is InChI=1S/C19H25N3O2/c23-18-9-8-17-21(18)14-15-6-2-3-7-16(15)22(17)19(24)10-13-20-11-4-1-5-12-20/h2-3,6-7,17H,1,4-5,8-14H2/t17-/m0/s1. The number of likely N-dealkylation sites (tertiary alicyclic amines) is 1. The lowest BCUT2D eigenvalue weighted by Crippen LogP contribution is -2.52. The van der Waals surface area contributed by atoms with E-state index in [2.05, 4.69) is 4.90 Å². The van der Waals surface area contributed by atoms with Crippen LogP contribution in [0.15, 0.2) is 24.3 Å². The van der Waals surface area contributed by atoms with E-state index in [1.807, 2.05) is 34.1 Å². The number of carbonyl (C=O) groups is 2. The van der Waals surface area contributed by atoms with Crippen molar-refractivity contribution in [3.63, 3.8) is 0 Å².